The van der Waals surface area contributed by atoms with Crippen LogP contribution >= 0.6 is 11.6 Å². The fourth-order valence-electron chi connectivity index (χ4n) is 2.99. The molecule has 1 unspecified atom stereocenters. The van der Waals surface area contributed by atoms with Crippen molar-refractivity contribution in [1.82, 2.24) is 4.98 Å². The van der Waals surface area contributed by atoms with Crippen LogP contribution in [0, 0.1) is 0 Å². The minimum Gasteiger partial charge on any atom is -0.497 e. The van der Waals surface area contributed by atoms with Crippen LogP contribution in [0.25, 0.3) is 11.5 Å². The number of hydrogen-bond acceptors (Lipinski definition) is 6. The first-order valence-electron chi connectivity index (χ1n) is 8.58. The number of benzene rings is 2. The van der Waals surface area contributed by atoms with E-state index in [0.29, 0.717) is 34.7 Å². The molecule has 0 saturated heterocycles. The quantitative estimate of drug-likeness (QED) is 0.592. The van der Waals surface area contributed by atoms with E-state index in [9.17, 15) is 4.21 Å². The number of aromatic nitrogens is 1. The lowest BCUT2D eigenvalue weighted by Gasteiger charge is -2.20. The first-order valence-corrected chi connectivity index (χ1v) is 10.4. The second kappa shape index (κ2) is 8.34. The van der Waals surface area contributed by atoms with Crippen molar-refractivity contribution in [2.45, 2.75) is 18.1 Å². The second-order valence-corrected chi connectivity index (χ2v) is 8.16. The summed E-state index contributed by atoms with van der Waals surface area (Å²) in [5.41, 5.74) is 3.14. The van der Waals surface area contributed by atoms with Gasteiger partial charge in [-0.2, -0.15) is 0 Å². The highest BCUT2D eigenvalue weighted by Crippen LogP contribution is 2.32. The molecule has 4 rings (SSSR count). The highest BCUT2D eigenvalue weighted by Gasteiger charge is 2.19. The molecule has 3 aromatic rings. The maximum absolute atomic E-state index is 12.7. The van der Waals surface area contributed by atoms with E-state index in [4.69, 9.17) is 30.2 Å². The summed E-state index contributed by atoms with van der Waals surface area (Å²) in [4.78, 5) is 4.44. The molecule has 1 aliphatic rings. The van der Waals surface area contributed by atoms with E-state index in [2.05, 4.69) is 4.98 Å². The van der Waals surface area contributed by atoms with Crippen molar-refractivity contribution in [1.29, 1.82) is 0 Å². The predicted octanol–water partition coefficient (Wildman–Crippen LogP) is 4.32. The van der Waals surface area contributed by atoms with Crippen molar-refractivity contribution in [2.24, 2.45) is 0 Å². The monoisotopic (exact) mass is 419 g/mol. The number of hydrogen-bond donors (Lipinski definition) is 0. The molecular weight excluding hydrogens is 402 g/mol. The molecule has 0 fully saturated rings. The molecule has 0 amide bonds. The van der Waals surface area contributed by atoms with Crippen LogP contribution in [0.1, 0.15) is 16.8 Å². The van der Waals surface area contributed by atoms with Gasteiger partial charge in [0.15, 0.2) is 6.79 Å². The van der Waals surface area contributed by atoms with E-state index in [1.54, 1.807) is 19.2 Å². The van der Waals surface area contributed by atoms with Crippen molar-refractivity contribution in [3.63, 3.8) is 0 Å². The summed E-state index contributed by atoms with van der Waals surface area (Å²) in [5.74, 6) is 2.54. The Labute approximate surface area is 169 Å². The molecule has 146 valence electrons. The first kappa shape index (κ1) is 19.0. The molecule has 2 aromatic carbocycles. The molecule has 0 spiro atoms. The van der Waals surface area contributed by atoms with Gasteiger partial charge in [0.25, 0.3) is 0 Å². The van der Waals surface area contributed by atoms with Crippen LogP contribution in [0.2, 0.25) is 5.02 Å². The van der Waals surface area contributed by atoms with Crippen molar-refractivity contribution in [2.75, 3.05) is 13.9 Å². The SMILES string of the molecule is COc1ccc(-c2nc(CS(=O)Cc3cc(Cl)cc4c3OCOC4)co2)cc1. The van der Waals surface area contributed by atoms with Crippen LogP contribution < -0.4 is 9.47 Å². The molecule has 1 atom stereocenters. The van der Waals surface area contributed by atoms with Gasteiger partial charge in [0.1, 0.15) is 17.8 Å². The number of methoxy groups -OCH3 is 1. The number of fused-ring (bicyclic) bond motifs is 1. The van der Waals surface area contributed by atoms with Crippen molar-refractivity contribution >= 4 is 22.4 Å². The standard InChI is InChI=1S/C20H18ClNO5S/c1-24-18-4-2-13(3-5-18)20-22-17(9-26-20)11-28(23)10-15-7-16(21)6-14-8-25-12-27-19(14)15/h2-7,9H,8,10-12H2,1H3. The van der Waals surface area contributed by atoms with Crippen molar-refractivity contribution < 1.29 is 22.8 Å². The fourth-order valence-corrected chi connectivity index (χ4v) is 4.38. The van der Waals surface area contributed by atoms with E-state index in [1.807, 2.05) is 24.3 Å². The molecule has 1 aliphatic heterocycles. The maximum Gasteiger partial charge on any atom is 0.226 e. The van der Waals surface area contributed by atoms with Crippen LogP contribution in [-0.4, -0.2) is 23.1 Å². The Morgan fingerprint density at radius 3 is 2.82 bits per heavy atom. The smallest absolute Gasteiger partial charge is 0.226 e. The highest BCUT2D eigenvalue weighted by molar-refractivity contribution is 7.83. The van der Waals surface area contributed by atoms with Crippen LogP contribution in [0.3, 0.4) is 0 Å². The summed E-state index contributed by atoms with van der Waals surface area (Å²) in [6.45, 7) is 0.618. The van der Waals surface area contributed by atoms with Crippen LogP contribution in [0.5, 0.6) is 11.5 Å². The minimum absolute atomic E-state index is 0.183. The number of ether oxygens (including phenoxy) is 3. The fraction of sp³-hybridized carbons (Fsp3) is 0.250. The van der Waals surface area contributed by atoms with Crippen LogP contribution in [0.4, 0.5) is 0 Å². The molecule has 0 N–H and O–H groups in total. The third-order valence-electron chi connectivity index (χ3n) is 4.27. The van der Waals surface area contributed by atoms with Crippen LogP contribution in [-0.2, 0) is 33.6 Å². The molecule has 0 radical (unpaired) electrons. The summed E-state index contributed by atoms with van der Waals surface area (Å²) < 4.78 is 34.2. The molecule has 1 aromatic heterocycles. The average Bonchev–Trinajstić information content (AvgIpc) is 3.16. The Bertz CT molecular complexity index is 1000. The van der Waals surface area contributed by atoms with Gasteiger partial charge in [0.05, 0.1) is 30.9 Å². The molecule has 6 nitrogen and oxygen atoms in total. The van der Waals surface area contributed by atoms with Gasteiger partial charge < -0.3 is 18.6 Å². The number of oxazole rings is 1. The lowest BCUT2D eigenvalue weighted by Crippen LogP contribution is -2.14. The molecule has 2 heterocycles. The zero-order chi connectivity index (χ0) is 19.5. The van der Waals surface area contributed by atoms with E-state index < -0.39 is 10.8 Å². The van der Waals surface area contributed by atoms with E-state index in [0.717, 1.165) is 22.4 Å². The van der Waals surface area contributed by atoms with Gasteiger partial charge in [0.2, 0.25) is 5.89 Å². The van der Waals surface area contributed by atoms with Gasteiger partial charge in [-0.05, 0) is 36.4 Å². The molecular formula is C20H18ClNO5S. The second-order valence-electron chi connectivity index (χ2n) is 6.26. The zero-order valence-electron chi connectivity index (χ0n) is 15.1. The van der Waals surface area contributed by atoms with Crippen molar-refractivity contribution in [3.05, 3.63) is 64.5 Å². The predicted molar refractivity (Wildman–Crippen MR) is 106 cm³/mol. The molecule has 8 heteroatoms. The van der Waals surface area contributed by atoms with Gasteiger partial charge in [0, 0.05) is 32.5 Å². The third kappa shape index (κ3) is 4.22. The Hall–Kier alpha value is -2.35. The topological polar surface area (TPSA) is 70.8 Å². The van der Waals surface area contributed by atoms with Gasteiger partial charge in [-0.25, -0.2) is 4.98 Å². The van der Waals surface area contributed by atoms with Gasteiger partial charge in [-0.1, -0.05) is 11.6 Å². The number of rotatable bonds is 6. The lowest BCUT2D eigenvalue weighted by molar-refractivity contribution is -0.0169. The summed E-state index contributed by atoms with van der Waals surface area (Å²) in [5, 5.41) is 0.572. The van der Waals surface area contributed by atoms with Gasteiger partial charge in [-0.15, -0.1) is 0 Å². The maximum atomic E-state index is 12.7. The van der Waals surface area contributed by atoms with E-state index >= 15 is 0 Å². The van der Waals surface area contributed by atoms with Crippen molar-refractivity contribution in [3.8, 4) is 23.0 Å². The Morgan fingerprint density at radius 2 is 2.04 bits per heavy atom. The van der Waals surface area contributed by atoms with Gasteiger partial charge >= 0.3 is 0 Å². The Kier molecular flexibility index (Phi) is 5.66. The van der Waals surface area contributed by atoms with E-state index in [-0.39, 0.29) is 12.5 Å². The Balaban J connectivity index is 1.46. The summed E-state index contributed by atoms with van der Waals surface area (Å²) in [6.07, 6.45) is 1.54. The zero-order valence-corrected chi connectivity index (χ0v) is 16.7. The summed E-state index contributed by atoms with van der Waals surface area (Å²) >= 11 is 6.17. The van der Waals surface area contributed by atoms with E-state index in [1.165, 1.54) is 6.26 Å². The molecule has 0 bridgehead atoms. The number of halogens is 1. The average molecular weight is 420 g/mol. The third-order valence-corrected chi connectivity index (χ3v) is 5.73. The Morgan fingerprint density at radius 1 is 1.21 bits per heavy atom. The number of nitrogens with zero attached hydrogens (tertiary/aromatic N) is 1. The molecule has 28 heavy (non-hydrogen) atoms. The molecule has 0 aliphatic carbocycles. The summed E-state index contributed by atoms with van der Waals surface area (Å²) in [6, 6.07) is 11.0. The first-order chi connectivity index (χ1) is 13.6. The molecule has 0 saturated carbocycles. The normalized spacial score (nSPS) is 14.2. The van der Waals surface area contributed by atoms with Crippen LogP contribution in [0.15, 0.2) is 47.1 Å². The highest BCUT2D eigenvalue weighted by atomic mass is 35.5. The minimum atomic E-state index is -1.20. The summed E-state index contributed by atoms with van der Waals surface area (Å²) in [7, 11) is 0.415. The largest absolute Gasteiger partial charge is 0.497 e. The van der Waals surface area contributed by atoms with Gasteiger partial charge in [-0.3, -0.25) is 4.21 Å². The lowest BCUT2D eigenvalue weighted by atomic mass is 10.1.